The van der Waals surface area contributed by atoms with Crippen molar-refractivity contribution in [3.63, 3.8) is 0 Å². The summed E-state index contributed by atoms with van der Waals surface area (Å²) >= 11 is 0. The number of rotatable bonds is 5. The van der Waals surface area contributed by atoms with E-state index in [1.54, 1.807) is 50.2 Å². The molecule has 0 aromatic heterocycles. The van der Waals surface area contributed by atoms with E-state index >= 15 is 0 Å². The molecule has 2 amide bonds. The van der Waals surface area contributed by atoms with Crippen molar-refractivity contribution in [2.75, 3.05) is 7.11 Å². The zero-order valence-electron chi connectivity index (χ0n) is 19.5. The Bertz CT molecular complexity index is 1220. The molecule has 0 fully saturated rings. The van der Waals surface area contributed by atoms with E-state index in [0.29, 0.717) is 5.56 Å². The van der Waals surface area contributed by atoms with Crippen LogP contribution in [0.4, 0.5) is 13.2 Å². The van der Waals surface area contributed by atoms with Gasteiger partial charge in [-0.25, -0.2) is 0 Å². The predicted octanol–water partition coefficient (Wildman–Crippen LogP) is 4.41. The molecule has 1 atom stereocenters. The van der Waals surface area contributed by atoms with Crippen LogP contribution in [0.2, 0.25) is 0 Å². The minimum atomic E-state index is -5.27. The lowest BCUT2D eigenvalue weighted by Crippen LogP contribution is -2.66. The number of ketones is 1. The Morgan fingerprint density at radius 1 is 1.03 bits per heavy atom. The van der Waals surface area contributed by atoms with E-state index in [4.69, 9.17) is 4.74 Å². The van der Waals surface area contributed by atoms with Gasteiger partial charge in [0.15, 0.2) is 5.78 Å². The number of Topliss-reactive ketones (excluding diaryl/α,β-unsaturated/α-hetero) is 1. The highest BCUT2D eigenvalue weighted by molar-refractivity contribution is 6.14. The quantitative estimate of drug-likeness (QED) is 0.679. The van der Waals surface area contributed by atoms with Crippen LogP contribution in [0.3, 0.4) is 0 Å². The highest BCUT2D eigenvalue weighted by Gasteiger charge is 2.71. The Balaban J connectivity index is 1.88. The molecule has 0 bridgehead atoms. The molecule has 0 saturated heterocycles. The lowest BCUT2D eigenvalue weighted by Gasteiger charge is -2.35. The number of methoxy groups -OCH3 is 1. The molecule has 2 aliphatic rings. The summed E-state index contributed by atoms with van der Waals surface area (Å²) in [5.41, 5.74) is -4.44. The van der Waals surface area contributed by atoms with E-state index < -0.39 is 40.3 Å². The number of nitrogens with one attached hydrogen (secondary N) is 1. The zero-order chi connectivity index (χ0) is 25.6. The zero-order valence-corrected chi connectivity index (χ0v) is 19.5. The molecule has 6 nitrogen and oxygen atoms in total. The van der Waals surface area contributed by atoms with Gasteiger partial charge in [-0.1, -0.05) is 56.3 Å². The van der Waals surface area contributed by atoms with Crippen LogP contribution in [0.15, 0.2) is 65.9 Å². The second-order valence-corrected chi connectivity index (χ2v) is 9.54. The number of ether oxygens (including phenoxy) is 1. The fourth-order valence-corrected chi connectivity index (χ4v) is 4.83. The Morgan fingerprint density at radius 3 is 2.29 bits per heavy atom. The van der Waals surface area contributed by atoms with Crippen LogP contribution in [0.1, 0.15) is 42.6 Å². The first-order valence-electron chi connectivity index (χ1n) is 11.1. The summed E-state index contributed by atoms with van der Waals surface area (Å²) in [5, 5.41) is 1.93. The lowest BCUT2D eigenvalue weighted by atomic mass is 9.72. The molecule has 0 radical (unpaired) electrons. The molecule has 2 aromatic rings. The fourth-order valence-electron chi connectivity index (χ4n) is 4.83. The minimum Gasteiger partial charge on any atom is -0.496 e. The van der Waals surface area contributed by atoms with Crippen molar-refractivity contribution in [1.29, 1.82) is 0 Å². The van der Waals surface area contributed by atoms with Gasteiger partial charge >= 0.3 is 6.18 Å². The molecule has 0 spiro atoms. The Kier molecular flexibility index (Phi) is 5.99. The Hall–Kier alpha value is -3.62. The largest absolute Gasteiger partial charge is 0.496 e. The number of halogens is 3. The van der Waals surface area contributed by atoms with E-state index in [9.17, 15) is 27.6 Å². The van der Waals surface area contributed by atoms with Crippen molar-refractivity contribution < 1.29 is 32.3 Å². The Morgan fingerprint density at radius 2 is 1.66 bits per heavy atom. The van der Waals surface area contributed by atoms with E-state index in [1.165, 1.54) is 25.3 Å². The van der Waals surface area contributed by atoms with E-state index in [-0.39, 0.29) is 36.4 Å². The van der Waals surface area contributed by atoms with Crippen LogP contribution >= 0.6 is 0 Å². The van der Waals surface area contributed by atoms with Crippen LogP contribution in [-0.2, 0) is 16.1 Å². The van der Waals surface area contributed by atoms with Crippen LogP contribution in [0, 0.1) is 5.41 Å². The highest BCUT2D eigenvalue weighted by Crippen LogP contribution is 2.52. The first kappa shape index (κ1) is 24.5. The summed E-state index contributed by atoms with van der Waals surface area (Å²) in [5.74, 6) is -3.33. The van der Waals surface area contributed by atoms with Crippen LogP contribution in [0.5, 0.6) is 5.75 Å². The molecule has 0 saturated carbocycles. The average Bonchev–Trinajstić information content (AvgIpc) is 3.02. The summed E-state index contributed by atoms with van der Waals surface area (Å²) < 4.78 is 49.8. The third kappa shape index (κ3) is 4.09. The van der Waals surface area contributed by atoms with Gasteiger partial charge in [-0.2, -0.15) is 13.2 Å². The van der Waals surface area contributed by atoms with Gasteiger partial charge in [0.05, 0.1) is 24.8 Å². The van der Waals surface area contributed by atoms with Gasteiger partial charge < -0.3 is 15.0 Å². The van der Waals surface area contributed by atoms with Gasteiger partial charge in [-0.15, -0.1) is 0 Å². The van der Waals surface area contributed by atoms with E-state index in [2.05, 4.69) is 0 Å². The van der Waals surface area contributed by atoms with Gasteiger partial charge in [-0.3, -0.25) is 14.4 Å². The van der Waals surface area contributed by atoms with Crippen molar-refractivity contribution >= 4 is 17.6 Å². The van der Waals surface area contributed by atoms with Gasteiger partial charge in [0.1, 0.15) is 5.75 Å². The van der Waals surface area contributed by atoms with Crippen molar-refractivity contribution in [2.24, 2.45) is 5.41 Å². The minimum absolute atomic E-state index is 0.00208. The summed E-state index contributed by atoms with van der Waals surface area (Å²) in [4.78, 5) is 41.1. The number of hydrogen-bond donors (Lipinski definition) is 1. The number of carbonyl (C=O) groups is 3. The molecule has 2 aromatic carbocycles. The summed E-state index contributed by atoms with van der Waals surface area (Å²) in [6.45, 7) is 3.37. The third-order valence-electron chi connectivity index (χ3n) is 6.38. The maximum atomic E-state index is 14.9. The van der Waals surface area contributed by atoms with Crippen molar-refractivity contribution in [3.8, 4) is 5.75 Å². The second kappa shape index (κ2) is 8.55. The molecular formula is C26H25F3N2O4. The summed E-state index contributed by atoms with van der Waals surface area (Å²) in [6.07, 6.45) is -5.37. The SMILES string of the molecule is COc1ccccc1C(=O)N[C@]1(C(F)(F)F)C(=O)N(Cc2ccccc2)C2=C1C(=O)CC(C)(C)C2. The first-order valence-corrected chi connectivity index (χ1v) is 11.1. The maximum Gasteiger partial charge on any atom is 0.425 e. The first-order chi connectivity index (χ1) is 16.4. The molecule has 9 heteroatoms. The molecule has 35 heavy (non-hydrogen) atoms. The highest BCUT2D eigenvalue weighted by atomic mass is 19.4. The van der Waals surface area contributed by atoms with Crippen molar-refractivity contribution in [2.45, 2.75) is 44.9 Å². The standard InChI is InChI=1S/C26H25F3N2O4/c1-24(2)13-18-21(19(32)14-24)25(26(27,28)29,23(34)31(18)15-16-9-5-4-6-10-16)30-22(33)17-11-7-8-12-20(17)35-3/h4-12H,13-15H2,1-3H3,(H,30,33)/t25-/m0/s1. The molecule has 1 N–H and O–H groups in total. The number of nitrogens with zero attached hydrogens (tertiary/aromatic N) is 1. The van der Waals surface area contributed by atoms with E-state index in [0.717, 1.165) is 4.90 Å². The van der Waals surface area contributed by atoms with Gasteiger partial charge in [-0.05, 0) is 29.5 Å². The number of para-hydroxylation sites is 1. The normalized spacial score (nSPS) is 21.7. The smallest absolute Gasteiger partial charge is 0.425 e. The van der Waals surface area contributed by atoms with Gasteiger partial charge in [0, 0.05) is 12.1 Å². The fraction of sp³-hybridized carbons (Fsp3) is 0.346. The number of benzene rings is 2. The van der Waals surface area contributed by atoms with Crippen molar-refractivity contribution in [3.05, 3.63) is 77.0 Å². The number of allylic oxidation sites excluding steroid dienone is 1. The maximum absolute atomic E-state index is 14.9. The van der Waals surface area contributed by atoms with E-state index in [1.807, 2.05) is 5.32 Å². The molecule has 1 heterocycles. The van der Waals surface area contributed by atoms with Crippen LogP contribution < -0.4 is 10.1 Å². The van der Waals surface area contributed by atoms with Crippen LogP contribution in [0.25, 0.3) is 0 Å². The van der Waals surface area contributed by atoms with Crippen LogP contribution in [-0.4, -0.2) is 41.3 Å². The molecular weight excluding hydrogens is 461 g/mol. The Labute approximate surface area is 200 Å². The summed E-state index contributed by atoms with van der Waals surface area (Å²) in [7, 11) is 1.28. The number of carbonyl (C=O) groups excluding carboxylic acids is 3. The van der Waals surface area contributed by atoms with Gasteiger partial charge in [0.25, 0.3) is 11.8 Å². The molecule has 0 unspecified atom stereocenters. The topological polar surface area (TPSA) is 75.7 Å². The number of hydrogen-bond acceptors (Lipinski definition) is 4. The third-order valence-corrected chi connectivity index (χ3v) is 6.38. The van der Waals surface area contributed by atoms with Gasteiger partial charge in [0.2, 0.25) is 5.54 Å². The number of alkyl halides is 3. The molecule has 4 rings (SSSR count). The summed E-state index contributed by atoms with van der Waals surface area (Å²) in [6, 6.07) is 14.3. The monoisotopic (exact) mass is 486 g/mol. The molecule has 1 aliphatic carbocycles. The average molecular weight is 486 g/mol. The molecule has 184 valence electrons. The molecule has 1 aliphatic heterocycles. The van der Waals surface area contributed by atoms with Crippen molar-refractivity contribution in [1.82, 2.24) is 10.2 Å². The second-order valence-electron chi connectivity index (χ2n) is 9.54. The lowest BCUT2D eigenvalue weighted by molar-refractivity contribution is -0.190. The predicted molar refractivity (Wildman–Crippen MR) is 121 cm³/mol. The number of amides is 2.